The molecule has 0 saturated carbocycles. The SMILES string of the molecule is CCCC(Oc1cccc(OCCCC/C=C/c2ccc(OC)cc2)c1CCC(=O)O)C(=O)O. The number of allylic oxidation sites excluding steroid dienone is 1. The first-order valence-electron chi connectivity index (χ1n) is 11.6. The van der Waals surface area contributed by atoms with Crippen LogP contribution in [-0.4, -0.2) is 42.0 Å². The Hall–Kier alpha value is -3.48. The molecule has 34 heavy (non-hydrogen) atoms. The van der Waals surface area contributed by atoms with E-state index in [2.05, 4.69) is 12.2 Å². The van der Waals surface area contributed by atoms with E-state index in [4.69, 9.17) is 19.3 Å². The molecule has 2 aromatic rings. The van der Waals surface area contributed by atoms with Crippen molar-refractivity contribution < 1.29 is 34.0 Å². The maximum absolute atomic E-state index is 11.5. The summed E-state index contributed by atoms with van der Waals surface area (Å²) < 4.78 is 16.8. The van der Waals surface area contributed by atoms with Crippen LogP contribution in [0.15, 0.2) is 48.5 Å². The maximum Gasteiger partial charge on any atom is 0.344 e. The molecule has 0 saturated heterocycles. The molecule has 7 nitrogen and oxygen atoms in total. The maximum atomic E-state index is 11.5. The second-order valence-electron chi connectivity index (χ2n) is 7.88. The summed E-state index contributed by atoms with van der Waals surface area (Å²) in [5.74, 6) is -0.252. The third kappa shape index (κ3) is 9.17. The van der Waals surface area contributed by atoms with Gasteiger partial charge < -0.3 is 24.4 Å². The van der Waals surface area contributed by atoms with Gasteiger partial charge in [-0.15, -0.1) is 0 Å². The average molecular weight is 471 g/mol. The molecule has 0 bridgehead atoms. The molecule has 0 heterocycles. The van der Waals surface area contributed by atoms with Crippen LogP contribution in [0.5, 0.6) is 17.2 Å². The highest BCUT2D eigenvalue weighted by atomic mass is 16.5. The first-order chi connectivity index (χ1) is 16.4. The van der Waals surface area contributed by atoms with E-state index in [-0.39, 0.29) is 12.8 Å². The Kier molecular flexibility index (Phi) is 11.5. The summed E-state index contributed by atoms with van der Waals surface area (Å²) in [5, 5.41) is 18.6. The molecular formula is C27H34O7. The van der Waals surface area contributed by atoms with E-state index in [1.54, 1.807) is 25.3 Å². The second-order valence-corrected chi connectivity index (χ2v) is 7.88. The average Bonchev–Trinajstić information content (AvgIpc) is 2.82. The molecule has 0 aliphatic rings. The predicted molar refractivity (Wildman–Crippen MR) is 131 cm³/mol. The van der Waals surface area contributed by atoms with Crippen molar-refractivity contribution in [3.63, 3.8) is 0 Å². The summed E-state index contributed by atoms with van der Waals surface area (Å²) in [7, 11) is 1.64. The van der Waals surface area contributed by atoms with Crippen molar-refractivity contribution in [2.45, 2.75) is 58.0 Å². The number of hydrogen-bond acceptors (Lipinski definition) is 5. The summed E-state index contributed by atoms with van der Waals surface area (Å²) in [5.41, 5.74) is 1.70. The molecule has 0 radical (unpaired) electrons. The van der Waals surface area contributed by atoms with E-state index < -0.39 is 18.0 Å². The van der Waals surface area contributed by atoms with Crippen LogP contribution in [0, 0.1) is 0 Å². The van der Waals surface area contributed by atoms with Gasteiger partial charge in [0.2, 0.25) is 0 Å². The normalized spacial score (nSPS) is 11.8. The molecule has 0 aliphatic heterocycles. The molecule has 1 atom stereocenters. The quantitative estimate of drug-likeness (QED) is 0.308. The Bertz CT molecular complexity index is 934. The molecule has 2 rings (SSSR count). The number of hydrogen-bond donors (Lipinski definition) is 2. The highest BCUT2D eigenvalue weighted by Crippen LogP contribution is 2.31. The number of unbranched alkanes of at least 4 members (excludes halogenated alkanes) is 2. The summed E-state index contributed by atoms with van der Waals surface area (Å²) in [4.78, 5) is 22.6. The third-order valence-electron chi connectivity index (χ3n) is 5.22. The van der Waals surface area contributed by atoms with Gasteiger partial charge in [0.05, 0.1) is 13.7 Å². The number of ether oxygens (including phenoxy) is 3. The van der Waals surface area contributed by atoms with Gasteiger partial charge in [-0.2, -0.15) is 0 Å². The molecule has 0 aliphatic carbocycles. The van der Waals surface area contributed by atoms with E-state index in [1.807, 2.05) is 31.2 Å². The number of carboxylic acid groups (broad SMARTS) is 2. The van der Waals surface area contributed by atoms with Crippen molar-refractivity contribution in [3.8, 4) is 17.2 Å². The Morgan fingerprint density at radius 1 is 1.03 bits per heavy atom. The number of carbonyl (C=O) groups is 2. The highest BCUT2D eigenvalue weighted by molar-refractivity contribution is 5.73. The summed E-state index contributed by atoms with van der Waals surface area (Å²) in [6.07, 6.45) is 6.99. The van der Waals surface area contributed by atoms with E-state index >= 15 is 0 Å². The summed E-state index contributed by atoms with van der Waals surface area (Å²) in [6, 6.07) is 13.0. The second kappa shape index (κ2) is 14.6. The zero-order valence-electron chi connectivity index (χ0n) is 19.9. The first kappa shape index (κ1) is 26.8. The van der Waals surface area contributed by atoms with E-state index in [9.17, 15) is 14.7 Å². The third-order valence-corrected chi connectivity index (χ3v) is 5.22. The van der Waals surface area contributed by atoms with Crippen LogP contribution < -0.4 is 14.2 Å². The molecule has 7 heteroatoms. The fourth-order valence-corrected chi connectivity index (χ4v) is 3.40. The lowest BCUT2D eigenvalue weighted by Gasteiger charge is -2.19. The minimum absolute atomic E-state index is 0.0988. The first-order valence-corrected chi connectivity index (χ1v) is 11.6. The number of aliphatic carboxylic acids is 2. The van der Waals surface area contributed by atoms with Crippen LogP contribution in [-0.2, 0) is 16.0 Å². The van der Waals surface area contributed by atoms with Crippen molar-refractivity contribution >= 4 is 18.0 Å². The van der Waals surface area contributed by atoms with Crippen LogP contribution in [0.4, 0.5) is 0 Å². The predicted octanol–water partition coefficient (Wildman–Crippen LogP) is 5.61. The molecule has 184 valence electrons. The van der Waals surface area contributed by atoms with Crippen LogP contribution in [0.25, 0.3) is 6.08 Å². The van der Waals surface area contributed by atoms with Crippen molar-refractivity contribution in [2.75, 3.05) is 13.7 Å². The van der Waals surface area contributed by atoms with Crippen LogP contribution in [0.2, 0.25) is 0 Å². The Balaban J connectivity index is 1.93. The molecule has 2 N–H and O–H groups in total. The van der Waals surface area contributed by atoms with Gasteiger partial charge in [-0.1, -0.05) is 43.7 Å². The zero-order chi connectivity index (χ0) is 24.8. The van der Waals surface area contributed by atoms with E-state index in [0.717, 1.165) is 30.6 Å². The van der Waals surface area contributed by atoms with Gasteiger partial charge in [0.25, 0.3) is 0 Å². The molecule has 0 amide bonds. The van der Waals surface area contributed by atoms with Gasteiger partial charge in [-0.3, -0.25) is 4.79 Å². The van der Waals surface area contributed by atoms with Gasteiger partial charge >= 0.3 is 11.9 Å². The Morgan fingerprint density at radius 3 is 2.41 bits per heavy atom. The van der Waals surface area contributed by atoms with Crippen molar-refractivity contribution in [3.05, 3.63) is 59.7 Å². The lowest BCUT2D eigenvalue weighted by molar-refractivity contribution is -0.145. The van der Waals surface area contributed by atoms with Crippen molar-refractivity contribution in [1.82, 2.24) is 0 Å². The smallest absolute Gasteiger partial charge is 0.344 e. The summed E-state index contributed by atoms with van der Waals surface area (Å²) in [6.45, 7) is 2.35. The molecule has 2 aromatic carbocycles. The lowest BCUT2D eigenvalue weighted by atomic mass is 10.1. The van der Waals surface area contributed by atoms with Crippen molar-refractivity contribution in [1.29, 1.82) is 0 Å². The molecule has 0 aromatic heterocycles. The lowest BCUT2D eigenvalue weighted by Crippen LogP contribution is -2.27. The molecule has 0 fully saturated rings. The fraction of sp³-hybridized carbons (Fsp3) is 0.407. The van der Waals surface area contributed by atoms with Gasteiger partial charge in [0.15, 0.2) is 6.10 Å². The van der Waals surface area contributed by atoms with Crippen LogP contribution >= 0.6 is 0 Å². The number of carboxylic acids is 2. The topological polar surface area (TPSA) is 102 Å². The van der Waals surface area contributed by atoms with Gasteiger partial charge in [-0.05, 0) is 61.9 Å². The largest absolute Gasteiger partial charge is 0.497 e. The van der Waals surface area contributed by atoms with Gasteiger partial charge in [-0.25, -0.2) is 4.79 Å². The standard InChI is InChI=1S/C27H34O7/c1-3-9-25(27(30)31)34-24-12-8-11-23(22(24)17-18-26(28)29)33-19-7-5-4-6-10-20-13-15-21(32-2)16-14-20/h6,8,10-16,25H,3-5,7,9,17-19H2,1-2H3,(H,28,29)(H,30,31)/b10-6+. The fourth-order valence-electron chi connectivity index (χ4n) is 3.40. The van der Waals surface area contributed by atoms with E-state index in [1.165, 1.54) is 0 Å². The Labute approximate surface area is 201 Å². The Morgan fingerprint density at radius 2 is 1.76 bits per heavy atom. The van der Waals surface area contributed by atoms with Gasteiger partial charge in [0, 0.05) is 12.0 Å². The minimum atomic E-state index is -1.04. The zero-order valence-corrected chi connectivity index (χ0v) is 19.9. The van der Waals surface area contributed by atoms with E-state index in [0.29, 0.717) is 36.5 Å². The monoisotopic (exact) mass is 470 g/mol. The minimum Gasteiger partial charge on any atom is -0.497 e. The molecule has 1 unspecified atom stereocenters. The number of benzene rings is 2. The molecular weight excluding hydrogens is 436 g/mol. The highest BCUT2D eigenvalue weighted by Gasteiger charge is 2.21. The number of rotatable bonds is 16. The number of methoxy groups -OCH3 is 1. The van der Waals surface area contributed by atoms with Crippen molar-refractivity contribution in [2.24, 2.45) is 0 Å². The van der Waals surface area contributed by atoms with Crippen LogP contribution in [0.3, 0.4) is 0 Å². The summed E-state index contributed by atoms with van der Waals surface area (Å²) >= 11 is 0. The van der Waals surface area contributed by atoms with Gasteiger partial charge in [0.1, 0.15) is 17.2 Å². The molecule has 0 spiro atoms. The van der Waals surface area contributed by atoms with Crippen LogP contribution in [0.1, 0.15) is 56.6 Å².